The number of phenols is 2. The highest BCUT2D eigenvalue weighted by Gasteiger charge is 2.32. The third kappa shape index (κ3) is 3.48. The number of aliphatic hydroxyl groups is 1. The van der Waals surface area contributed by atoms with Crippen molar-refractivity contribution >= 4 is 11.4 Å². The van der Waals surface area contributed by atoms with Crippen LogP contribution in [0.5, 0.6) is 28.7 Å². The molecule has 1 aliphatic rings. The van der Waals surface area contributed by atoms with Gasteiger partial charge < -0.3 is 29.0 Å². The highest BCUT2D eigenvalue weighted by atomic mass is 32.2. The fourth-order valence-corrected chi connectivity index (χ4v) is 3.00. The molecule has 0 bridgehead atoms. The summed E-state index contributed by atoms with van der Waals surface area (Å²) in [6.07, 6.45) is -1.62. The lowest BCUT2D eigenvalue weighted by molar-refractivity contribution is 0.0197. The van der Waals surface area contributed by atoms with Gasteiger partial charge in [0.2, 0.25) is 0 Å². The topological polar surface area (TPSA) is 126 Å². The molecule has 2 aromatic rings. The first-order chi connectivity index (χ1) is 11.9. The van der Waals surface area contributed by atoms with Crippen LogP contribution in [0.15, 0.2) is 30.3 Å². The van der Waals surface area contributed by atoms with Crippen LogP contribution in [-0.2, 0) is 17.8 Å². The van der Waals surface area contributed by atoms with E-state index in [-0.39, 0.29) is 35.2 Å². The summed E-state index contributed by atoms with van der Waals surface area (Å²) in [7, 11) is 1.41. The monoisotopic (exact) mass is 368 g/mol. The van der Waals surface area contributed by atoms with E-state index in [1.165, 1.54) is 31.4 Å². The summed E-state index contributed by atoms with van der Waals surface area (Å²) in [5, 5.41) is 30.1. The standard InChI is InChI=1S/C16H16O8S/c1-22-15-4-8(2-3-11(15)17)16-13(19)7-10-12(18)5-9(24-25(20)21)6-14(10)23-16/h2-6,13,16-19H,7H2,1H3,(H,20,21). The molecule has 3 unspecified atom stereocenters. The lowest BCUT2D eigenvalue weighted by atomic mass is 9.94. The van der Waals surface area contributed by atoms with Crippen LogP contribution in [-0.4, -0.2) is 37.3 Å². The van der Waals surface area contributed by atoms with E-state index in [2.05, 4.69) is 4.18 Å². The zero-order chi connectivity index (χ0) is 18.1. The molecule has 0 fully saturated rings. The number of methoxy groups -OCH3 is 1. The zero-order valence-corrected chi connectivity index (χ0v) is 13.9. The molecule has 4 N–H and O–H groups in total. The molecule has 0 saturated heterocycles. The van der Waals surface area contributed by atoms with E-state index in [0.717, 1.165) is 0 Å². The molecule has 9 heteroatoms. The quantitative estimate of drug-likeness (QED) is 0.601. The Kier molecular flexibility index (Phi) is 4.71. The van der Waals surface area contributed by atoms with Crippen LogP contribution in [0.3, 0.4) is 0 Å². The minimum Gasteiger partial charge on any atom is -0.507 e. The van der Waals surface area contributed by atoms with Gasteiger partial charge in [-0.25, -0.2) is 0 Å². The molecule has 0 radical (unpaired) electrons. The van der Waals surface area contributed by atoms with Gasteiger partial charge in [0.25, 0.3) is 0 Å². The summed E-state index contributed by atoms with van der Waals surface area (Å²) >= 11 is -2.54. The van der Waals surface area contributed by atoms with Gasteiger partial charge in [0.1, 0.15) is 23.4 Å². The predicted octanol–water partition coefficient (Wildman–Crippen LogP) is 1.66. The average molecular weight is 368 g/mol. The van der Waals surface area contributed by atoms with Crippen molar-refractivity contribution in [3.8, 4) is 28.7 Å². The highest BCUT2D eigenvalue weighted by molar-refractivity contribution is 7.74. The van der Waals surface area contributed by atoms with Crippen molar-refractivity contribution in [2.45, 2.75) is 18.6 Å². The molecule has 0 aromatic heterocycles. The smallest absolute Gasteiger partial charge is 0.357 e. The first-order valence-corrected chi connectivity index (χ1v) is 8.29. The van der Waals surface area contributed by atoms with Crippen molar-refractivity contribution in [3.63, 3.8) is 0 Å². The summed E-state index contributed by atoms with van der Waals surface area (Å²) in [6.45, 7) is 0. The molecule has 25 heavy (non-hydrogen) atoms. The maximum absolute atomic E-state index is 10.8. The third-order valence-electron chi connectivity index (χ3n) is 3.88. The van der Waals surface area contributed by atoms with Gasteiger partial charge in [-0.2, -0.15) is 4.21 Å². The second-order valence-electron chi connectivity index (χ2n) is 5.46. The lowest BCUT2D eigenvalue weighted by Gasteiger charge is -2.31. The minimum atomic E-state index is -2.54. The van der Waals surface area contributed by atoms with E-state index in [1.807, 2.05) is 0 Å². The minimum absolute atomic E-state index is 0.0456. The van der Waals surface area contributed by atoms with E-state index in [4.69, 9.17) is 14.0 Å². The van der Waals surface area contributed by atoms with E-state index in [0.29, 0.717) is 11.1 Å². The molecule has 1 heterocycles. The largest absolute Gasteiger partial charge is 0.507 e. The maximum atomic E-state index is 10.8. The number of phenolic OH excluding ortho intramolecular Hbond substituents is 2. The number of hydrogen-bond donors (Lipinski definition) is 4. The molecule has 2 aromatic carbocycles. The van der Waals surface area contributed by atoms with Crippen LogP contribution in [0, 0.1) is 0 Å². The summed E-state index contributed by atoms with van der Waals surface area (Å²) in [6, 6.07) is 7.08. The zero-order valence-electron chi connectivity index (χ0n) is 13.1. The highest BCUT2D eigenvalue weighted by Crippen LogP contribution is 2.43. The number of ether oxygens (including phenoxy) is 2. The Bertz CT molecular complexity index is 822. The van der Waals surface area contributed by atoms with Crippen LogP contribution in [0.1, 0.15) is 17.2 Å². The second-order valence-corrected chi connectivity index (χ2v) is 6.06. The third-order valence-corrected chi connectivity index (χ3v) is 4.21. The average Bonchev–Trinajstić information content (AvgIpc) is 2.55. The van der Waals surface area contributed by atoms with Crippen LogP contribution in [0.4, 0.5) is 0 Å². The van der Waals surface area contributed by atoms with Crippen molar-refractivity contribution in [1.29, 1.82) is 0 Å². The molecule has 1 aliphatic heterocycles. The first kappa shape index (κ1) is 17.3. The van der Waals surface area contributed by atoms with Gasteiger partial charge in [0.05, 0.1) is 13.2 Å². The molecule has 0 saturated carbocycles. The van der Waals surface area contributed by atoms with Crippen LogP contribution in [0.25, 0.3) is 0 Å². The van der Waals surface area contributed by atoms with Crippen LogP contribution < -0.4 is 13.7 Å². The summed E-state index contributed by atoms with van der Waals surface area (Å²) in [5.74, 6) is 0.155. The van der Waals surface area contributed by atoms with Crippen molar-refractivity contribution in [2.24, 2.45) is 0 Å². The van der Waals surface area contributed by atoms with E-state index < -0.39 is 23.6 Å². The number of benzene rings is 2. The molecule has 3 rings (SSSR count). The van der Waals surface area contributed by atoms with Gasteiger partial charge in [-0.15, -0.1) is 0 Å². The van der Waals surface area contributed by atoms with E-state index in [9.17, 15) is 19.5 Å². The van der Waals surface area contributed by atoms with Crippen molar-refractivity contribution in [3.05, 3.63) is 41.5 Å². The molecular formula is C16H16O8S. The molecule has 0 spiro atoms. The summed E-state index contributed by atoms with van der Waals surface area (Å²) < 4.78 is 35.1. The van der Waals surface area contributed by atoms with Crippen LogP contribution in [0.2, 0.25) is 0 Å². The number of aromatic hydroxyl groups is 2. The Balaban J connectivity index is 1.96. The predicted molar refractivity (Wildman–Crippen MR) is 87.2 cm³/mol. The van der Waals surface area contributed by atoms with Gasteiger partial charge in [-0.05, 0) is 17.7 Å². The molecule has 8 nitrogen and oxygen atoms in total. The summed E-state index contributed by atoms with van der Waals surface area (Å²) in [4.78, 5) is 0. The van der Waals surface area contributed by atoms with Gasteiger partial charge in [0, 0.05) is 24.1 Å². The number of rotatable bonds is 4. The lowest BCUT2D eigenvalue weighted by Crippen LogP contribution is -2.30. The fourth-order valence-electron chi connectivity index (χ4n) is 2.74. The number of fused-ring (bicyclic) bond motifs is 1. The van der Waals surface area contributed by atoms with Crippen molar-refractivity contribution < 1.29 is 37.7 Å². The van der Waals surface area contributed by atoms with Gasteiger partial charge in [-0.1, -0.05) is 6.07 Å². The molecule has 0 aliphatic carbocycles. The Labute approximate surface area is 145 Å². The fraction of sp³-hybridized carbons (Fsp3) is 0.250. The van der Waals surface area contributed by atoms with Gasteiger partial charge in [-0.3, -0.25) is 4.55 Å². The normalized spacial score (nSPS) is 20.3. The van der Waals surface area contributed by atoms with Crippen LogP contribution >= 0.6 is 0 Å². The first-order valence-electron chi connectivity index (χ1n) is 7.25. The molecular weight excluding hydrogens is 352 g/mol. The van der Waals surface area contributed by atoms with Crippen molar-refractivity contribution in [2.75, 3.05) is 7.11 Å². The van der Waals surface area contributed by atoms with E-state index >= 15 is 0 Å². The maximum Gasteiger partial charge on any atom is 0.357 e. The number of aliphatic hydroxyl groups excluding tert-OH is 1. The molecule has 134 valence electrons. The van der Waals surface area contributed by atoms with E-state index in [1.54, 1.807) is 6.07 Å². The second kappa shape index (κ2) is 6.79. The molecule has 3 atom stereocenters. The Morgan fingerprint density at radius 3 is 2.64 bits per heavy atom. The summed E-state index contributed by atoms with van der Waals surface area (Å²) in [5.41, 5.74) is 0.926. The SMILES string of the molecule is COc1cc(C2Oc3cc(OS(=O)O)cc(O)c3CC2O)ccc1O. The number of hydrogen-bond acceptors (Lipinski definition) is 7. The Morgan fingerprint density at radius 1 is 1.20 bits per heavy atom. The Hall–Kier alpha value is -2.49. The van der Waals surface area contributed by atoms with Crippen molar-refractivity contribution in [1.82, 2.24) is 0 Å². The van der Waals surface area contributed by atoms with Gasteiger partial charge in [0.15, 0.2) is 11.5 Å². The Morgan fingerprint density at radius 2 is 1.96 bits per heavy atom. The molecule has 0 amide bonds. The van der Waals surface area contributed by atoms with Gasteiger partial charge >= 0.3 is 11.4 Å².